The number of anilines is 1. The summed E-state index contributed by atoms with van der Waals surface area (Å²) >= 11 is 0. The Morgan fingerprint density at radius 1 is 0.818 bits per heavy atom. The van der Waals surface area contributed by atoms with Crippen LogP contribution in [0.5, 0.6) is 5.75 Å². The first-order valence-corrected chi connectivity index (χ1v) is 12.5. The number of piperazine rings is 1. The first kappa shape index (κ1) is 23.2. The maximum atomic E-state index is 13.3. The van der Waals surface area contributed by atoms with E-state index in [9.17, 15) is 8.42 Å². The van der Waals surface area contributed by atoms with Crippen molar-refractivity contribution in [3.05, 3.63) is 64.7 Å². The van der Waals surface area contributed by atoms with Crippen molar-refractivity contribution in [2.75, 3.05) is 38.2 Å². The number of rotatable bonds is 5. The highest BCUT2D eigenvalue weighted by Crippen LogP contribution is 2.29. The van der Waals surface area contributed by atoms with Crippen molar-refractivity contribution in [3.8, 4) is 17.0 Å². The molecule has 0 radical (unpaired) electrons. The third kappa shape index (κ3) is 4.58. The summed E-state index contributed by atoms with van der Waals surface area (Å²) in [5.74, 6) is 1.45. The Kier molecular flexibility index (Phi) is 6.41. The highest BCUT2D eigenvalue weighted by Gasteiger charge is 2.30. The lowest BCUT2D eigenvalue weighted by Crippen LogP contribution is -2.49. The first-order valence-electron chi connectivity index (χ1n) is 11.0. The van der Waals surface area contributed by atoms with Crippen molar-refractivity contribution in [3.63, 3.8) is 0 Å². The van der Waals surface area contributed by atoms with Crippen LogP contribution in [-0.4, -0.2) is 56.2 Å². The predicted octanol–water partition coefficient (Wildman–Crippen LogP) is 3.90. The lowest BCUT2D eigenvalue weighted by molar-refractivity contribution is 0.382. The summed E-state index contributed by atoms with van der Waals surface area (Å²) in [5, 5.41) is 8.86. The fourth-order valence-corrected chi connectivity index (χ4v) is 6.01. The Morgan fingerprint density at radius 2 is 1.55 bits per heavy atom. The van der Waals surface area contributed by atoms with Crippen molar-refractivity contribution < 1.29 is 13.2 Å². The Bertz CT molecular complexity index is 1270. The van der Waals surface area contributed by atoms with Crippen molar-refractivity contribution in [2.24, 2.45) is 0 Å². The SMILES string of the molecule is COc1cc(C)c(S(=O)(=O)N2CCN(c3ccc(-c4ccc(C)cc4C)nn3)CC2)cc1C. The minimum atomic E-state index is -3.58. The van der Waals surface area contributed by atoms with Gasteiger partial charge in [-0.1, -0.05) is 23.8 Å². The van der Waals surface area contributed by atoms with E-state index >= 15 is 0 Å². The van der Waals surface area contributed by atoms with Crippen molar-refractivity contribution >= 4 is 15.8 Å². The normalized spacial score (nSPS) is 15.0. The van der Waals surface area contributed by atoms with E-state index in [-0.39, 0.29) is 0 Å². The van der Waals surface area contributed by atoms with Crippen LogP contribution in [0.15, 0.2) is 47.4 Å². The second kappa shape index (κ2) is 9.11. The van der Waals surface area contributed by atoms with E-state index < -0.39 is 10.0 Å². The molecule has 0 N–H and O–H groups in total. The molecule has 7 nitrogen and oxygen atoms in total. The molecule has 2 aromatic carbocycles. The Labute approximate surface area is 196 Å². The van der Waals surface area contributed by atoms with Crippen molar-refractivity contribution in [1.29, 1.82) is 0 Å². The zero-order chi connectivity index (χ0) is 23.8. The van der Waals surface area contributed by atoms with Gasteiger partial charge >= 0.3 is 0 Å². The van der Waals surface area contributed by atoms with E-state index in [2.05, 4.69) is 47.1 Å². The van der Waals surface area contributed by atoms with Crippen LogP contribution < -0.4 is 9.64 Å². The molecule has 1 aliphatic rings. The van der Waals surface area contributed by atoms with Crippen LogP contribution in [-0.2, 0) is 10.0 Å². The number of methoxy groups -OCH3 is 1. The standard InChI is InChI=1S/C25H30N4O3S/c1-17-6-7-21(18(2)14-17)22-8-9-25(27-26-22)28-10-12-29(13-11-28)33(30,31)24-16-19(3)23(32-5)15-20(24)4/h6-9,14-16H,10-13H2,1-5H3. The zero-order valence-electron chi connectivity index (χ0n) is 19.8. The van der Waals surface area contributed by atoms with Crippen LogP contribution in [0.4, 0.5) is 5.82 Å². The van der Waals surface area contributed by atoms with Gasteiger partial charge in [-0.2, -0.15) is 4.31 Å². The minimum absolute atomic E-state index is 0.340. The number of nitrogens with zero attached hydrogens (tertiary/aromatic N) is 4. The van der Waals surface area contributed by atoms with Gasteiger partial charge in [-0.25, -0.2) is 8.42 Å². The van der Waals surface area contributed by atoms with Gasteiger partial charge in [0.05, 0.1) is 17.7 Å². The fraction of sp³-hybridized carbons (Fsp3) is 0.360. The first-order chi connectivity index (χ1) is 15.7. The molecule has 0 saturated carbocycles. The van der Waals surface area contributed by atoms with E-state index in [1.54, 1.807) is 30.5 Å². The van der Waals surface area contributed by atoms with Gasteiger partial charge in [0.1, 0.15) is 5.75 Å². The van der Waals surface area contributed by atoms with E-state index in [0.717, 1.165) is 22.6 Å². The molecule has 174 valence electrons. The van der Waals surface area contributed by atoms with Gasteiger partial charge < -0.3 is 9.64 Å². The molecular formula is C25H30N4O3S. The topological polar surface area (TPSA) is 75.6 Å². The number of hydrogen-bond acceptors (Lipinski definition) is 6. The summed E-state index contributed by atoms with van der Waals surface area (Å²) < 4.78 is 33.5. The summed E-state index contributed by atoms with van der Waals surface area (Å²) in [6.45, 7) is 9.72. The van der Waals surface area contributed by atoms with Gasteiger partial charge in [0.15, 0.2) is 5.82 Å². The van der Waals surface area contributed by atoms with Crippen LogP contribution >= 0.6 is 0 Å². The molecule has 8 heteroatoms. The number of benzene rings is 2. The van der Waals surface area contributed by atoms with Gasteiger partial charge in [0.25, 0.3) is 0 Å². The maximum absolute atomic E-state index is 13.3. The third-order valence-corrected chi connectivity index (χ3v) is 8.22. The molecule has 4 rings (SSSR count). The smallest absolute Gasteiger partial charge is 0.243 e. The molecular weight excluding hydrogens is 436 g/mol. The molecule has 3 aromatic rings. The third-order valence-electron chi connectivity index (χ3n) is 6.18. The fourth-order valence-electron chi connectivity index (χ4n) is 4.30. The van der Waals surface area contributed by atoms with E-state index in [4.69, 9.17) is 4.74 Å². The molecule has 1 aliphatic heterocycles. The molecule has 1 fully saturated rings. The van der Waals surface area contributed by atoms with Gasteiger partial charge in [0, 0.05) is 31.7 Å². The minimum Gasteiger partial charge on any atom is -0.496 e. The van der Waals surface area contributed by atoms with E-state index in [0.29, 0.717) is 42.4 Å². The van der Waals surface area contributed by atoms with Crippen molar-refractivity contribution in [2.45, 2.75) is 32.6 Å². The van der Waals surface area contributed by atoms with Gasteiger partial charge in [0.2, 0.25) is 10.0 Å². The maximum Gasteiger partial charge on any atom is 0.243 e. The van der Waals surface area contributed by atoms with Crippen LogP contribution in [0.1, 0.15) is 22.3 Å². The lowest BCUT2D eigenvalue weighted by Gasteiger charge is -2.34. The lowest BCUT2D eigenvalue weighted by atomic mass is 10.0. The molecule has 2 heterocycles. The average molecular weight is 467 g/mol. The van der Waals surface area contributed by atoms with Gasteiger partial charge in [-0.3, -0.25) is 0 Å². The summed E-state index contributed by atoms with van der Waals surface area (Å²) in [6, 6.07) is 13.7. The second-order valence-electron chi connectivity index (χ2n) is 8.57. The zero-order valence-corrected chi connectivity index (χ0v) is 20.6. The molecule has 0 spiro atoms. The van der Waals surface area contributed by atoms with Crippen LogP contribution in [0, 0.1) is 27.7 Å². The monoisotopic (exact) mass is 466 g/mol. The van der Waals surface area contributed by atoms with Crippen molar-refractivity contribution in [1.82, 2.24) is 14.5 Å². The van der Waals surface area contributed by atoms with Crippen LogP contribution in [0.3, 0.4) is 0 Å². The van der Waals surface area contributed by atoms with E-state index in [1.807, 2.05) is 19.1 Å². The largest absolute Gasteiger partial charge is 0.496 e. The molecule has 0 unspecified atom stereocenters. The highest BCUT2D eigenvalue weighted by atomic mass is 32.2. The number of sulfonamides is 1. The summed E-state index contributed by atoms with van der Waals surface area (Å²) in [6.07, 6.45) is 0. The molecule has 1 aromatic heterocycles. The number of aryl methyl sites for hydroxylation is 4. The Balaban J connectivity index is 1.47. The van der Waals surface area contributed by atoms with Gasteiger partial charge in [-0.15, -0.1) is 10.2 Å². The number of hydrogen-bond donors (Lipinski definition) is 0. The average Bonchev–Trinajstić information content (AvgIpc) is 2.80. The Hall–Kier alpha value is -2.97. The van der Waals surface area contributed by atoms with E-state index in [1.165, 1.54) is 11.1 Å². The summed E-state index contributed by atoms with van der Waals surface area (Å²) in [4.78, 5) is 2.42. The van der Waals surface area contributed by atoms with Gasteiger partial charge in [-0.05, 0) is 68.7 Å². The van der Waals surface area contributed by atoms with Crippen LogP contribution in [0.2, 0.25) is 0 Å². The number of aromatic nitrogens is 2. The predicted molar refractivity (Wildman–Crippen MR) is 130 cm³/mol. The molecule has 1 saturated heterocycles. The molecule has 33 heavy (non-hydrogen) atoms. The summed E-state index contributed by atoms with van der Waals surface area (Å²) in [7, 11) is -1.99. The molecule has 0 aliphatic carbocycles. The highest BCUT2D eigenvalue weighted by molar-refractivity contribution is 7.89. The van der Waals surface area contributed by atoms with Crippen LogP contribution in [0.25, 0.3) is 11.3 Å². The molecule has 0 bridgehead atoms. The second-order valence-corrected chi connectivity index (χ2v) is 10.5. The molecule has 0 amide bonds. The quantitative estimate of drug-likeness (QED) is 0.568. The number of ether oxygens (including phenoxy) is 1. The molecule has 0 atom stereocenters. The Morgan fingerprint density at radius 3 is 2.15 bits per heavy atom. The summed E-state index contributed by atoms with van der Waals surface area (Å²) in [5.41, 5.74) is 5.78.